The van der Waals surface area contributed by atoms with E-state index < -0.39 is 10.9 Å². The number of rotatable bonds is 6. The quantitative estimate of drug-likeness (QED) is 0.300. The Hall–Kier alpha value is -2.98. The lowest BCUT2D eigenvalue weighted by Crippen LogP contribution is -2.32. The minimum absolute atomic E-state index is 0.0410. The van der Waals surface area contributed by atoms with E-state index in [2.05, 4.69) is 9.55 Å². The third kappa shape index (κ3) is 3.84. The SMILES string of the molecule is COC(=O)c1c(N2CCC[C@H]2CO)sc(-c2ccc3c(c2)ncn3C2CCCCC2)c1[N+](=O)[O-]. The zero-order valence-electron chi connectivity index (χ0n) is 19.1. The number of aromatic nitrogens is 2. The Morgan fingerprint density at radius 3 is 2.76 bits per heavy atom. The third-order valence-electron chi connectivity index (χ3n) is 7.09. The largest absolute Gasteiger partial charge is 0.465 e. The molecule has 3 aromatic rings. The number of nitrogens with zero attached hydrogens (tertiary/aromatic N) is 4. The Balaban J connectivity index is 1.63. The number of carbonyl (C=O) groups excluding carboxylic acids is 1. The van der Waals surface area contributed by atoms with Crippen LogP contribution < -0.4 is 4.90 Å². The Kier molecular flexibility index (Phi) is 6.26. The molecule has 1 aliphatic heterocycles. The average Bonchev–Trinajstić information content (AvgIpc) is 3.59. The molecule has 2 aromatic heterocycles. The van der Waals surface area contributed by atoms with Crippen molar-refractivity contribution in [3.8, 4) is 10.4 Å². The second-order valence-electron chi connectivity index (χ2n) is 9.03. The molecule has 1 saturated heterocycles. The number of fused-ring (bicyclic) bond motifs is 1. The van der Waals surface area contributed by atoms with Crippen LogP contribution in [0.2, 0.25) is 0 Å². The number of ether oxygens (including phenoxy) is 1. The number of aliphatic hydroxyl groups excluding tert-OH is 1. The number of thiophene rings is 1. The fourth-order valence-electron chi connectivity index (χ4n) is 5.39. The van der Waals surface area contributed by atoms with Crippen LogP contribution in [-0.4, -0.2) is 51.9 Å². The molecule has 2 fully saturated rings. The maximum absolute atomic E-state index is 12.7. The molecule has 2 aliphatic rings. The number of nitro groups is 1. The van der Waals surface area contributed by atoms with E-state index in [1.54, 1.807) is 0 Å². The first-order valence-electron chi connectivity index (χ1n) is 11.8. The Bertz CT molecular complexity index is 1230. The van der Waals surface area contributed by atoms with Crippen molar-refractivity contribution in [3.05, 3.63) is 40.2 Å². The summed E-state index contributed by atoms with van der Waals surface area (Å²) in [7, 11) is 1.23. The molecule has 0 bridgehead atoms. The third-order valence-corrected chi connectivity index (χ3v) is 8.36. The van der Waals surface area contributed by atoms with Crippen molar-refractivity contribution in [2.75, 3.05) is 25.2 Å². The predicted octanol–water partition coefficient (Wildman–Crippen LogP) is 4.93. The van der Waals surface area contributed by atoms with E-state index in [0.29, 0.717) is 28.0 Å². The zero-order chi connectivity index (χ0) is 23.8. The number of methoxy groups -OCH3 is 1. The van der Waals surface area contributed by atoms with Gasteiger partial charge in [0.25, 0.3) is 0 Å². The number of hydrogen-bond donors (Lipinski definition) is 1. The number of benzene rings is 1. The van der Waals surface area contributed by atoms with Crippen molar-refractivity contribution < 1.29 is 19.6 Å². The van der Waals surface area contributed by atoms with Crippen LogP contribution in [0, 0.1) is 10.1 Å². The second kappa shape index (κ2) is 9.34. The Labute approximate surface area is 201 Å². The Morgan fingerprint density at radius 2 is 2.06 bits per heavy atom. The molecule has 5 rings (SSSR count). The summed E-state index contributed by atoms with van der Waals surface area (Å²) >= 11 is 1.21. The molecular formula is C24H28N4O5S. The molecule has 0 unspecified atom stereocenters. The minimum atomic E-state index is -0.740. The van der Waals surface area contributed by atoms with Gasteiger partial charge in [0.15, 0.2) is 5.56 Å². The minimum Gasteiger partial charge on any atom is -0.465 e. The molecular weight excluding hydrogens is 456 g/mol. The molecule has 1 aromatic carbocycles. The molecule has 1 N–H and O–H groups in total. The fourth-order valence-corrected chi connectivity index (χ4v) is 6.74. The molecule has 34 heavy (non-hydrogen) atoms. The molecule has 0 spiro atoms. The lowest BCUT2D eigenvalue weighted by Gasteiger charge is -2.24. The first kappa shape index (κ1) is 22.8. The summed E-state index contributed by atoms with van der Waals surface area (Å²) in [6.45, 7) is 0.545. The van der Waals surface area contributed by atoms with Crippen LogP contribution in [0.15, 0.2) is 24.5 Å². The monoisotopic (exact) mass is 484 g/mol. The summed E-state index contributed by atoms with van der Waals surface area (Å²) in [5.41, 5.74) is 2.15. The predicted molar refractivity (Wildman–Crippen MR) is 131 cm³/mol. The van der Waals surface area contributed by atoms with Crippen molar-refractivity contribution in [1.29, 1.82) is 0 Å². The molecule has 3 heterocycles. The van der Waals surface area contributed by atoms with E-state index in [9.17, 15) is 20.0 Å². The molecule has 1 atom stereocenters. The summed E-state index contributed by atoms with van der Waals surface area (Å²) in [6.07, 6.45) is 9.46. The summed E-state index contributed by atoms with van der Waals surface area (Å²) < 4.78 is 7.17. The van der Waals surface area contributed by atoms with E-state index in [-0.39, 0.29) is 23.9 Å². The van der Waals surface area contributed by atoms with E-state index in [4.69, 9.17) is 4.74 Å². The standard InChI is InChI=1S/C24H28N4O5S/c1-33-24(30)20-21(28(31)32)22(34-23(20)26-11-5-8-17(26)13-29)15-9-10-19-18(12-15)25-14-27(19)16-6-3-2-4-7-16/h9-10,12,14,16-17,29H,2-8,11,13H2,1H3/t17-/m0/s1. The summed E-state index contributed by atoms with van der Waals surface area (Å²) in [5, 5.41) is 22.5. The van der Waals surface area contributed by atoms with Crippen LogP contribution in [0.5, 0.6) is 0 Å². The van der Waals surface area contributed by atoms with Crippen LogP contribution in [0.1, 0.15) is 61.3 Å². The van der Waals surface area contributed by atoms with E-state index >= 15 is 0 Å². The number of esters is 1. The van der Waals surface area contributed by atoms with Gasteiger partial charge in [0.1, 0.15) is 9.88 Å². The van der Waals surface area contributed by atoms with Gasteiger partial charge in [-0.1, -0.05) is 25.3 Å². The van der Waals surface area contributed by atoms with Crippen LogP contribution in [0.25, 0.3) is 21.5 Å². The smallest absolute Gasteiger partial charge is 0.347 e. The highest BCUT2D eigenvalue weighted by Crippen LogP contribution is 2.49. The van der Waals surface area contributed by atoms with Crippen LogP contribution in [-0.2, 0) is 4.74 Å². The Morgan fingerprint density at radius 1 is 1.26 bits per heavy atom. The molecule has 180 valence electrons. The van der Waals surface area contributed by atoms with Gasteiger partial charge in [-0.25, -0.2) is 9.78 Å². The zero-order valence-corrected chi connectivity index (χ0v) is 19.9. The molecule has 10 heteroatoms. The van der Waals surface area contributed by atoms with Gasteiger partial charge in [0.05, 0.1) is 42.0 Å². The molecule has 0 amide bonds. The summed E-state index contributed by atoms with van der Waals surface area (Å²) in [5.74, 6) is -0.740. The van der Waals surface area contributed by atoms with Crippen molar-refractivity contribution in [1.82, 2.24) is 9.55 Å². The number of carbonyl (C=O) groups is 1. The topological polar surface area (TPSA) is 111 Å². The van der Waals surface area contributed by atoms with Gasteiger partial charge in [-0.3, -0.25) is 10.1 Å². The highest BCUT2D eigenvalue weighted by molar-refractivity contribution is 7.20. The maximum Gasteiger partial charge on any atom is 0.347 e. The van der Waals surface area contributed by atoms with Gasteiger partial charge in [-0.2, -0.15) is 0 Å². The normalized spacial score (nSPS) is 19.1. The molecule has 9 nitrogen and oxygen atoms in total. The van der Waals surface area contributed by atoms with Gasteiger partial charge in [-0.15, -0.1) is 11.3 Å². The van der Waals surface area contributed by atoms with Gasteiger partial charge >= 0.3 is 11.7 Å². The van der Waals surface area contributed by atoms with Crippen molar-refractivity contribution in [3.63, 3.8) is 0 Å². The number of imidazole rings is 1. The van der Waals surface area contributed by atoms with E-state index in [1.165, 1.54) is 37.7 Å². The first-order valence-corrected chi connectivity index (χ1v) is 12.6. The molecule has 1 aliphatic carbocycles. The molecule has 0 radical (unpaired) electrons. The maximum atomic E-state index is 12.7. The van der Waals surface area contributed by atoms with Crippen LogP contribution in [0.4, 0.5) is 10.7 Å². The van der Waals surface area contributed by atoms with Crippen molar-refractivity contribution in [2.24, 2.45) is 0 Å². The number of aliphatic hydroxyl groups is 1. The highest BCUT2D eigenvalue weighted by atomic mass is 32.1. The van der Waals surface area contributed by atoms with E-state index in [0.717, 1.165) is 36.7 Å². The number of hydrogen-bond acceptors (Lipinski definition) is 8. The van der Waals surface area contributed by atoms with Gasteiger partial charge < -0.3 is 19.3 Å². The second-order valence-corrected chi connectivity index (χ2v) is 10.0. The lowest BCUT2D eigenvalue weighted by atomic mass is 9.95. The van der Waals surface area contributed by atoms with Crippen molar-refractivity contribution >= 4 is 39.0 Å². The lowest BCUT2D eigenvalue weighted by molar-refractivity contribution is -0.384. The first-order chi connectivity index (χ1) is 16.5. The summed E-state index contributed by atoms with van der Waals surface area (Å²) in [4.78, 5) is 31.3. The molecule has 1 saturated carbocycles. The van der Waals surface area contributed by atoms with Gasteiger partial charge in [-0.05, 0) is 37.8 Å². The average molecular weight is 485 g/mol. The number of anilines is 1. The van der Waals surface area contributed by atoms with Gasteiger partial charge in [0.2, 0.25) is 0 Å². The van der Waals surface area contributed by atoms with Crippen LogP contribution >= 0.6 is 11.3 Å². The van der Waals surface area contributed by atoms with E-state index in [1.807, 2.05) is 29.4 Å². The van der Waals surface area contributed by atoms with Crippen molar-refractivity contribution in [2.45, 2.75) is 57.0 Å². The highest BCUT2D eigenvalue weighted by Gasteiger charge is 2.38. The fraction of sp³-hybridized carbons (Fsp3) is 0.500. The van der Waals surface area contributed by atoms with Gasteiger partial charge in [0, 0.05) is 18.2 Å². The summed E-state index contributed by atoms with van der Waals surface area (Å²) in [6, 6.07) is 5.97. The van der Waals surface area contributed by atoms with Crippen LogP contribution in [0.3, 0.4) is 0 Å².